The molecule has 4 heteroatoms. The molecule has 0 saturated heterocycles. The molecule has 0 aliphatic heterocycles. The number of hydrogen-bond donors (Lipinski definition) is 0. The van der Waals surface area contributed by atoms with E-state index >= 15 is 0 Å². The normalized spacial score (nSPS) is 14.0. The summed E-state index contributed by atoms with van der Waals surface area (Å²) < 4.78 is 1.87. The monoisotopic (exact) mass is 266 g/mol. The Kier molecular flexibility index (Phi) is 2.85. The van der Waals surface area contributed by atoms with Crippen molar-refractivity contribution >= 4 is 23.2 Å². The molecule has 2 nitrogen and oxygen atoms in total. The molecule has 0 unspecified atom stereocenters. The van der Waals surface area contributed by atoms with Crippen LogP contribution in [-0.2, 0) is 19.4 Å². The third-order valence-corrected chi connectivity index (χ3v) is 3.79. The standard InChI is InChI=1S/C13H12Cl2N2/c14-10-4-1-3-9(7-10)8-17-13(15)11-5-2-6-12(11)16-17/h1,3-4,7H,2,5-6,8H2. The maximum absolute atomic E-state index is 6.33. The van der Waals surface area contributed by atoms with Gasteiger partial charge in [0.1, 0.15) is 5.15 Å². The molecule has 0 atom stereocenters. The first-order valence-corrected chi connectivity index (χ1v) is 6.48. The van der Waals surface area contributed by atoms with E-state index in [4.69, 9.17) is 23.2 Å². The molecular weight excluding hydrogens is 255 g/mol. The van der Waals surface area contributed by atoms with Crippen LogP contribution in [0.3, 0.4) is 0 Å². The van der Waals surface area contributed by atoms with Gasteiger partial charge in [0.15, 0.2) is 0 Å². The predicted molar refractivity (Wildman–Crippen MR) is 69.8 cm³/mol. The molecule has 17 heavy (non-hydrogen) atoms. The van der Waals surface area contributed by atoms with Crippen molar-refractivity contribution in [2.75, 3.05) is 0 Å². The van der Waals surface area contributed by atoms with Gasteiger partial charge in [0.25, 0.3) is 0 Å². The molecule has 1 aromatic carbocycles. The van der Waals surface area contributed by atoms with Gasteiger partial charge in [0.05, 0.1) is 12.2 Å². The van der Waals surface area contributed by atoms with Gasteiger partial charge in [0, 0.05) is 10.6 Å². The summed E-state index contributed by atoms with van der Waals surface area (Å²) in [5, 5.41) is 6.09. The fourth-order valence-electron chi connectivity index (χ4n) is 2.32. The Labute approximate surface area is 110 Å². The first-order chi connectivity index (χ1) is 8.24. The molecule has 0 saturated carbocycles. The highest BCUT2D eigenvalue weighted by molar-refractivity contribution is 6.31. The Morgan fingerprint density at radius 2 is 2.12 bits per heavy atom. The Bertz CT molecular complexity index is 561. The molecular formula is C13H12Cl2N2. The number of rotatable bonds is 2. The molecule has 0 radical (unpaired) electrons. The van der Waals surface area contributed by atoms with Crippen molar-refractivity contribution < 1.29 is 0 Å². The largest absolute Gasteiger partial charge is 0.249 e. The zero-order chi connectivity index (χ0) is 11.8. The van der Waals surface area contributed by atoms with Crippen LogP contribution in [0, 0.1) is 0 Å². The Balaban J connectivity index is 1.91. The van der Waals surface area contributed by atoms with Crippen molar-refractivity contribution in [2.45, 2.75) is 25.8 Å². The zero-order valence-electron chi connectivity index (χ0n) is 9.29. The molecule has 1 aromatic heterocycles. The van der Waals surface area contributed by atoms with Crippen LogP contribution in [0.1, 0.15) is 23.2 Å². The van der Waals surface area contributed by atoms with Crippen LogP contribution in [0.25, 0.3) is 0 Å². The smallest absolute Gasteiger partial charge is 0.130 e. The molecule has 1 aliphatic carbocycles. The van der Waals surface area contributed by atoms with Crippen molar-refractivity contribution in [3.05, 3.63) is 51.3 Å². The molecule has 2 aromatic rings. The van der Waals surface area contributed by atoms with E-state index in [1.165, 1.54) is 12.0 Å². The van der Waals surface area contributed by atoms with Crippen molar-refractivity contribution in [1.29, 1.82) is 0 Å². The number of nitrogens with zero attached hydrogens (tertiary/aromatic N) is 2. The molecule has 88 valence electrons. The minimum absolute atomic E-state index is 0.687. The molecule has 3 rings (SSSR count). The summed E-state index contributed by atoms with van der Waals surface area (Å²) in [6, 6.07) is 7.80. The maximum atomic E-state index is 6.33. The van der Waals surface area contributed by atoms with Gasteiger partial charge in [-0.15, -0.1) is 0 Å². The van der Waals surface area contributed by atoms with Crippen LogP contribution >= 0.6 is 23.2 Å². The van der Waals surface area contributed by atoms with E-state index in [0.29, 0.717) is 6.54 Å². The fourth-order valence-corrected chi connectivity index (χ4v) is 2.83. The van der Waals surface area contributed by atoms with Gasteiger partial charge >= 0.3 is 0 Å². The van der Waals surface area contributed by atoms with Gasteiger partial charge in [-0.25, -0.2) is 4.68 Å². The van der Waals surface area contributed by atoms with E-state index in [1.807, 2.05) is 28.9 Å². The van der Waals surface area contributed by atoms with Crippen molar-refractivity contribution in [1.82, 2.24) is 9.78 Å². The number of aryl methyl sites for hydroxylation is 1. The SMILES string of the molecule is Clc1cccc(Cn2nc3c(c2Cl)CCC3)c1. The van der Waals surface area contributed by atoms with Gasteiger partial charge in [-0.3, -0.25) is 0 Å². The zero-order valence-corrected chi connectivity index (χ0v) is 10.8. The topological polar surface area (TPSA) is 17.8 Å². The molecule has 0 amide bonds. The number of aromatic nitrogens is 2. The van der Waals surface area contributed by atoms with E-state index in [1.54, 1.807) is 0 Å². The first kappa shape index (κ1) is 11.1. The van der Waals surface area contributed by atoms with Gasteiger partial charge < -0.3 is 0 Å². The van der Waals surface area contributed by atoms with Crippen molar-refractivity contribution in [3.8, 4) is 0 Å². The predicted octanol–water partition coefficient (Wildman–Crippen LogP) is 3.73. The first-order valence-electron chi connectivity index (χ1n) is 5.72. The fraction of sp³-hybridized carbons (Fsp3) is 0.308. The molecule has 0 fully saturated rings. The summed E-state index contributed by atoms with van der Waals surface area (Å²) in [4.78, 5) is 0. The summed E-state index contributed by atoms with van der Waals surface area (Å²) in [5.74, 6) is 0. The van der Waals surface area contributed by atoms with Crippen LogP contribution in [0.4, 0.5) is 0 Å². The van der Waals surface area contributed by atoms with Crippen LogP contribution in [0.2, 0.25) is 10.2 Å². The third kappa shape index (κ3) is 2.07. The Morgan fingerprint density at radius 1 is 1.24 bits per heavy atom. The lowest BCUT2D eigenvalue weighted by Gasteiger charge is -2.05. The number of benzene rings is 1. The van der Waals surface area contributed by atoms with Crippen LogP contribution in [0.5, 0.6) is 0 Å². The lowest BCUT2D eigenvalue weighted by Crippen LogP contribution is -2.03. The van der Waals surface area contributed by atoms with Gasteiger partial charge in [-0.1, -0.05) is 35.3 Å². The Hall–Kier alpha value is -0.990. The summed E-state index contributed by atoms with van der Waals surface area (Å²) in [5.41, 5.74) is 3.52. The summed E-state index contributed by atoms with van der Waals surface area (Å²) in [6.45, 7) is 0.687. The van der Waals surface area contributed by atoms with Gasteiger partial charge in [0.2, 0.25) is 0 Å². The molecule has 1 heterocycles. The highest BCUT2D eigenvalue weighted by atomic mass is 35.5. The minimum Gasteiger partial charge on any atom is -0.249 e. The summed E-state index contributed by atoms with van der Waals surface area (Å²) >= 11 is 12.3. The highest BCUT2D eigenvalue weighted by Crippen LogP contribution is 2.28. The maximum Gasteiger partial charge on any atom is 0.130 e. The van der Waals surface area contributed by atoms with E-state index in [9.17, 15) is 0 Å². The second-order valence-corrected chi connectivity index (χ2v) is 5.15. The third-order valence-electron chi connectivity index (χ3n) is 3.13. The van der Waals surface area contributed by atoms with Crippen LogP contribution in [0.15, 0.2) is 24.3 Å². The van der Waals surface area contributed by atoms with E-state index in [0.717, 1.165) is 34.3 Å². The van der Waals surface area contributed by atoms with Crippen LogP contribution in [-0.4, -0.2) is 9.78 Å². The van der Waals surface area contributed by atoms with Crippen molar-refractivity contribution in [3.63, 3.8) is 0 Å². The van der Waals surface area contributed by atoms with Gasteiger partial charge in [-0.2, -0.15) is 5.10 Å². The van der Waals surface area contributed by atoms with E-state index in [-0.39, 0.29) is 0 Å². The molecule has 0 N–H and O–H groups in total. The second kappa shape index (κ2) is 4.35. The van der Waals surface area contributed by atoms with E-state index < -0.39 is 0 Å². The summed E-state index contributed by atoms with van der Waals surface area (Å²) in [6.07, 6.45) is 3.29. The Morgan fingerprint density at radius 3 is 2.88 bits per heavy atom. The number of fused-ring (bicyclic) bond motifs is 1. The number of hydrogen-bond acceptors (Lipinski definition) is 1. The molecule has 0 bridgehead atoms. The average Bonchev–Trinajstić information content (AvgIpc) is 2.84. The molecule has 0 spiro atoms. The average molecular weight is 267 g/mol. The minimum atomic E-state index is 0.687. The second-order valence-electron chi connectivity index (χ2n) is 4.36. The lowest BCUT2D eigenvalue weighted by atomic mass is 10.2. The quantitative estimate of drug-likeness (QED) is 0.810. The number of halogens is 2. The van der Waals surface area contributed by atoms with Gasteiger partial charge in [-0.05, 0) is 37.0 Å². The van der Waals surface area contributed by atoms with Crippen LogP contribution < -0.4 is 0 Å². The lowest BCUT2D eigenvalue weighted by molar-refractivity contribution is 0.664. The highest BCUT2D eigenvalue weighted by Gasteiger charge is 2.20. The summed E-state index contributed by atoms with van der Waals surface area (Å²) in [7, 11) is 0. The van der Waals surface area contributed by atoms with Crippen molar-refractivity contribution in [2.24, 2.45) is 0 Å². The molecule has 1 aliphatic rings. The van der Waals surface area contributed by atoms with E-state index in [2.05, 4.69) is 5.10 Å².